The smallest absolute Gasteiger partial charge is 0.278 e. The normalized spacial score (nSPS) is 19.5. The molecule has 0 amide bonds. The lowest BCUT2D eigenvalue weighted by atomic mass is 9.88. The molecule has 4 aromatic rings. The second-order valence-electron chi connectivity index (χ2n) is 9.80. The molecular formula is C28H29FN4O3. The average molecular weight is 491 g/mol. The van der Waals surface area contributed by atoms with E-state index in [0.29, 0.717) is 62.5 Å². The van der Waals surface area contributed by atoms with E-state index in [-0.39, 0.29) is 5.89 Å². The van der Waals surface area contributed by atoms with E-state index >= 15 is 4.39 Å². The summed E-state index contributed by atoms with van der Waals surface area (Å²) >= 11 is 0. The van der Waals surface area contributed by atoms with Crippen LogP contribution in [0.15, 0.2) is 59.1 Å². The highest BCUT2D eigenvalue weighted by atomic mass is 19.1. The molecule has 1 saturated heterocycles. The molecule has 2 aromatic carbocycles. The molecule has 1 N–H and O–H groups in total. The van der Waals surface area contributed by atoms with Crippen molar-refractivity contribution in [3.05, 3.63) is 77.0 Å². The van der Waals surface area contributed by atoms with Gasteiger partial charge in [0, 0.05) is 42.7 Å². The Morgan fingerprint density at radius 1 is 1.06 bits per heavy atom. The van der Waals surface area contributed by atoms with Crippen LogP contribution in [0.25, 0.3) is 23.0 Å². The molecule has 1 aliphatic heterocycles. The number of benzene rings is 2. The lowest BCUT2D eigenvalue weighted by Gasteiger charge is -2.29. The fourth-order valence-corrected chi connectivity index (χ4v) is 4.85. The van der Waals surface area contributed by atoms with Crippen molar-refractivity contribution in [2.75, 3.05) is 19.8 Å². The van der Waals surface area contributed by atoms with Gasteiger partial charge in [-0.3, -0.25) is 4.68 Å². The Labute approximate surface area is 211 Å². The van der Waals surface area contributed by atoms with Gasteiger partial charge in [0.15, 0.2) is 5.69 Å². The largest absolute Gasteiger partial charge is 0.395 e. The lowest BCUT2D eigenvalue weighted by molar-refractivity contribution is -0.0114. The summed E-state index contributed by atoms with van der Waals surface area (Å²) in [6.45, 7) is 1.00. The van der Waals surface area contributed by atoms with Crippen molar-refractivity contribution in [3.8, 4) is 23.0 Å². The molecule has 7 nitrogen and oxygen atoms in total. The number of aromatic nitrogens is 4. The maximum absolute atomic E-state index is 15.2. The maximum Gasteiger partial charge on any atom is 0.278 e. The van der Waals surface area contributed by atoms with E-state index in [9.17, 15) is 5.11 Å². The minimum Gasteiger partial charge on any atom is -0.395 e. The fourth-order valence-electron chi connectivity index (χ4n) is 4.85. The van der Waals surface area contributed by atoms with Gasteiger partial charge in [-0.05, 0) is 42.5 Å². The Balaban J connectivity index is 1.19. The summed E-state index contributed by atoms with van der Waals surface area (Å²) in [4.78, 5) is 4.52. The Morgan fingerprint density at radius 3 is 2.56 bits per heavy atom. The predicted molar refractivity (Wildman–Crippen MR) is 132 cm³/mol. The van der Waals surface area contributed by atoms with Gasteiger partial charge in [-0.15, -0.1) is 0 Å². The van der Waals surface area contributed by atoms with Crippen LogP contribution in [0.3, 0.4) is 0 Å². The summed E-state index contributed by atoms with van der Waals surface area (Å²) in [7, 11) is 0. The molecule has 0 atom stereocenters. The third kappa shape index (κ3) is 4.24. The zero-order valence-electron chi connectivity index (χ0n) is 22.1. The van der Waals surface area contributed by atoms with Crippen molar-refractivity contribution in [3.63, 3.8) is 0 Å². The molecular weight excluding hydrogens is 459 g/mol. The number of halogens is 1. The van der Waals surface area contributed by atoms with Crippen LogP contribution in [0, 0.1) is 6.92 Å². The molecule has 2 aliphatic rings. The van der Waals surface area contributed by atoms with Gasteiger partial charge in [0.2, 0.25) is 5.82 Å². The van der Waals surface area contributed by atoms with Crippen molar-refractivity contribution in [2.45, 2.75) is 50.2 Å². The van der Waals surface area contributed by atoms with Crippen LogP contribution in [0.1, 0.15) is 50.8 Å². The Hall–Kier alpha value is -3.36. The van der Waals surface area contributed by atoms with Crippen molar-refractivity contribution < 1.29 is 21.5 Å². The SMILES string of the molecule is [2H]C([2H])(O)C1(c2cccc(Cn3nc(-c4nc(-c5ccc(C6(F)CCOCC6)cc5)no4)cc3C)c2)CC1. The Kier molecular flexibility index (Phi) is 5.16. The average Bonchev–Trinajstić information content (AvgIpc) is 3.46. The van der Waals surface area contributed by atoms with Crippen molar-refractivity contribution in [1.29, 1.82) is 0 Å². The third-order valence-corrected chi connectivity index (χ3v) is 7.35. The Morgan fingerprint density at radius 2 is 1.83 bits per heavy atom. The quantitative estimate of drug-likeness (QED) is 0.394. The zero-order valence-corrected chi connectivity index (χ0v) is 20.1. The molecule has 6 rings (SSSR count). The standard InChI is InChI=1S/C28H29FN4O3/c1-19-15-24(31-33(19)17-20-3-2-4-23(16-20)27(18-34)9-10-27)26-30-25(32-36-26)21-5-7-22(8-6-21)28(29)11-13-35-14-12-28/h2-8,15-16,34H,9-14,17-18H2,1H3/i18D2. The summed E-state index contributed by atoms with van der Waals surface area (Å²) in [5, 5.41) is 18.8. The van der Waals surface area contributed by atoms with E-state index in [1.165, 1.54) is 0 Å². The molecule has 36 heavy (non-hydrogen) atoms. The first-order chi connectivity index (χ1) is 18.2. The van der Waals surface area contributed by atoms with Crippen LogP contribution in [-0.4, -0.2) is 44.8 Å². The van der Waals surface area contributed by atoms with Crippen LogP contribution in [0.5, 0.6) is 0 Å². The zero-order chi connectivity index (χ0) is 26.5. The van der Waals surface area contributed by atoms with Crippen molar-refractivity contribution in [2.24, 2.45) is 0 Å². The summed E-state index contributed by atoms with van der Waals surface area (Å²) in [6.07, 6.45) is 1.94. The number of ether oxygens (including phenoxy) is 1. The van der Waals surface area contributed by atoms with Crippen LogP contribution in [-0.2, 0) is 22.4 Å². The number of aryl methyl sites for hydroxylation is 1. The van der Waals surface area contributed by atoms with Gasteiger partial charge in [-0.25, -0.2) is 4.39 Å². The summed E-state index contributed by atoms with van der Waals surface area (Å²) in [5.74, 6) is 0.691. The molecule has 0 spiro atoms. The van der Waals surface area contributed by atoms with Gasteiger partial charge in [0.25, 0.3) is 5.89 Å². The van der Waals surface area contributed by atoms with Gasteiger partial charge in [-0.1, -0.05) is 53.7 Å². The highest BCUT2D eigenvalue weighted by Crippen LogP contribution is 2.47. The number of alkyl halides is 1. The van der Waals surface area contributed by atoms with Crippen molar-refractivity contribution >= 4 is 0 Å². The maximum atomic E-state index is 15.2. The molecule has 0 radical (unpaired) electrons. The van der Waals surface area contributed by atoms with Gasteiger partial charge >= 0.3 is 0 Å². The predicted octanol–water partition coefficient (Wildman–Crippen LogP) is 4.96. The topological polar surface area (TPSA) is 86.2 Å². The first-order valence-electron chi connectivity index (χ1n) is 13.2. The number of aliphatic hydroxyl groups is 1. The van der Waals surface area contributed by atoms with E-state index in [1.54, 1.807) is 24.3 Å². The Bertz CT molecular complexity index is 1450. The summed E-state index contributed by atoms with van der Waals surface area (Å²) in [5.41, 5.74) is 2.36. The second-order valence-corrected chi connectivity index (χ2v) is 9.80. The van der Waals surface area contributed by atoms with Crippen LogP contribution < -0.4 is 0 Å². The number of hydrogen-bond donors (Lipinski definition) is 1. The van der Waals surface area contributed by atoms with Crippen LogP contribution in [0.2, 0.25) is 0 Å². The van der Waals surface area contributed by atoms with Gasteiger partial charge in [0.05, 0.1) is 15.8 Å². The van der Waals surface area contributed by atoms with Crippen LogP contribution >= 0.6 is 0 Å². The van der Waals surface area contributed by atoms with E-state index in [1.807, 2.05) is 41.9 Å². The molecule has 2 fully saturated rings. The molecule has 0 bridgehead atoms. The molecule has 8 heteroatoms. The second kappa shape index (κ2) is 8.94. The molecule has 1 aliphatic carbocycles. The first kappa shape index (κ1) is 20.8. The number of hydrogen-bond acceptors (Lipinski definition) is 6. The lowest BCUT2D eigenvalue weighted by Crippen LogP contribution is -2.29. The summed E-state index contributed by atoms with van der Waals surface area (Å²) in [6, 6.07) is 16.7. The van der Waals surface area contributed by atoms with E-state index in [0.717, 1.165) is 22.4 Å². The number of rotatable bonds is 7. The van der Waals surface area contributed by atoms with Gasteiger partial charge < -0.3 is 14.4 Å². The molecule has 2 aromatic heterocycles. The van der Waals surface area contributed by atoms with Gasteiger partial charge in [0.1, 0.15) is 5.67 Å². The monoisotopic (exact) mass is 490 g/mol. The highest BCUT2D eigenvalue weighted by molar-refractivity contribution is 5.58. The van der Waals surface area contributed by atoms with E-state index in [2.05, 4.69) is 15.2 Å². The minimum atomic E-state index is -2.26. The first-order valence-corrected chi connectivity index (χ1v) is 12.2. The highest BCUT2D eigenvalue weighted by Gasteiger charge is 2.43. The number of nitrogens with zero attached hydrogens (tertiary/aromatic N) is 4. The minimum absolute atomic E-state index is 0.288. The molecule has 1 saturated carbocycles. The molecule has 186 valence electrons. The van der Waals surface area contributed by atoms with E-state index < -0.39 is 17.6 Å². The van der Waals surface area contributed by atoms with Crippen LogP contribution in [0.4, 0.5) is 4.39 Å². The van der Waals surface area contributed by atoms with E-state index in [4.69, 9.17) is 12.0 Å². The molecule has 3 heterocycles. The third-order valence-electron chi connectivity index (χ3n) is 7.35. The van der Waals surface area contributed by atoms with Crippen molar-refractivity contribution in [1.82, 2.24) is 19.9 Å². The fraction of sp³-hybridized carbons (Fsp3) is 0.393. The van der Waals surface area contributed by atoms with Gasteiger partial charge in [-0.2, -0.15) is 10.1 Å². The molecule has 0 unspecified atom stereocenters. The summed E-state index contributed by atoms with van der Waals surface area (Å²) < 4.78 is 43.6.